The second-order valence-electron chi connectivity index (χ2n) is 9.04. The molecule has 0 aliphatic carbocycles. The molecule has 9 heteroatoms. The third-order valence-corrected chi connectivity index (χ3v) is 6.42. The van der Waals surface area contributed by atoms with Crippen LogP contribution in [0.4, 0.5) is 9.93 Å². The van der Waals surface area contributed by atoms with Crippen LogP contribution in [0.15, 0.2) is 17.5 Å². The van der Waals surface area contributed by atoms with E-state index in [0.717, 1.165) is 24.6 Å². The molecule has 1 aliphatic heterocycles. The topological polar surface area (TPSA) is 95.6 Å². The number of rotatable bonds is 5. The third kappa shape index (κ3) is 6.20. The molecule has 0 unspecified atom stereocenters. The van der Waals surface area contributed by atoms with Crippen molar-refractivity contribution in [2.45, 2.75) is 46.5 Å². The summed E-state index contributed by atoms with van der Waals surface area (Å²) in [5.74, 6) is -0.444. The predicted octanol–water partition coefficient (Wildman–Crippen LogP) is 3.08. The highest BCUT2D eigenvalue weighted by Gasteiger charge is 2.18. The molecule has 1 aromatic carbocycles. The van der Waals surface area contributed by atoms with E-state index in [1.807, 2.05) is 0 Å². The Morgan fingerprint density at radius 3 is 2.41 bits per heavy atom. The van der Waals surface area contributed by atoms with Crippen LogP contribution >= 0.6 is 11.3 Å². The minimum atomic E-state index is -0.455. The number of carbonyl (C=O) groups excluding carboxylic acids is 2. The highest BCUT2D eigenvalue weighted by Crippen LogP contribution is 2.27. The number of amides is 3. The molecule has 3 amide bonds. The molecule has 32 heavy (non-hydrogen) atoms. The Kier molecular flexibility index (Phi) is 7.73. The molecule has 0 saturated carbocycles. The lowest BCUT2D eigenvalue weighted by Gasteiger charge is -2.25. The van der Waals surface area contributed by atoms with Gasteiger partial charge in [0.1, 0.15) is 5.69 Å². The molecule has 8 nitrogen and oxygen atoms in total. The van der Waals surface area contributed by atoms with Crippen LogP contribution in [0.3, 0.4) is 0 Å². The number of benzene rings is 1. The molecule has 2 heterocycles. The van der Waals surface area contributed by atoms with E-state index in [-0.39, 0.29) is 11.1 Å². The molecule has 2 aromatic rings. The van der Waals surface area contributed by atoms with Gasteiger partial charge in [0.15, 0.2) is 5.13 Å². The zero-order valence-corrected chi connectivity index (χ0v) is 20.3. The van der Waals surface area contributed by atoms with Crippen molar-refractivity contribution in [1.82, 2.24) is 21.2 Å². The summed E-state index contributed by atoms with van der Waals surface area (Å²) in [6.07, 6.45) is 0.721. The Balaban J connectivity index is 1.45. The number of hydrazine groups is 1. The van der Waals surface area contributed by atoms with Gasteiger partial charge < -0.3 is 15.0 Å². The zero-order chi connectivity index (χ0) is 23.3. The summed E-state index contributed by atoms with van der Waals surface area (Å²) in [5.41, 5.74) is 10.2. The highest BCUT2D eigenvalue weighted by atomic mass is 32.1. The lowest BCUT2D eigenvalue weighted by molar-refractivity contribution is 0.0932. The lowest BCUT2D eigenvalue weighted by Crippen LogP contribution is -2.47. The number of aryl methyl sites for hydroxylation is 2. The molecule has 0 spiro atoms. The Bertz CT molecular complexity index is 938. The number of carbonyl (C=O) groups is 2. The van der Waals surface area contributed by atoms with E-state index >= 15 is 0 Å². The summed E-state index contributed by atoms with van der Waals surface area (Å²) in [4.78, 5) is 30.8. The summed E-state index contributed by atoms with van der Waals surface area (Å²) in [6.45, 7) is 14.1. The van der Waals surface area contributed by atoms with Gasteiger partial charge in [-0.1, -0.05) is 32.9 Å². The number of aromatic nitrogens is 1. The van der Waals surface area contributed by atoms with Gasteiger partial charge in [0.2, 0.25) is 0 Å². The molecule has 1 aliphatic rings. The minimum Gasteiger partial charge on any atom is -0.378 e. The maximum Gasteiger partial charge on any atom is 0.333 e. The molecule has 1 fully saturated rings. The van der Waals surface area contributed by atoms with Crippen molar-refractivity contribution in [1.29, 1.82) is 0 Å². The number of nitrogens with zero attached hydrogens (tertiary/aromatic N) is 2. The van der Waals surface area contributed by atoms with Crippen LogP contribution in [-0.2, 0) is 16.6 Å². The van der Waals surface area contributed by atoms with Gasteiger partial charge in [-0.25, -0.2) is 15.2 Å². The van der Waals surface area contributed by atoms with Crippen molar-refractivity contribution >= 4 is 28.4 Å². The Hall–Kier alpha value is -2.65. The second-order valence-corrected chi connectivity index (χ2v) is 9.87. The summed E-state index contributed by atoms with van der Waals surface area (Å²) in [6, 6.07) is 3.99. The van der Waals surface area contributed by atoms with Crippen molar-refractivity contribution in [3.05, 3.63) is 45.5 Å². The Labute approximate surface area is 193 Å². The standard InChI is InChI=1S/C23H33N5O3S/c1-15-12-17(23(3,4)5)13-16(2)18(15)6-7-24-21(30)27-26-20(29)19-14-32-22(25-19)28-8-10-31-11-9-28/h12-14H,6-11H2,1-5H3,(H,26,29)(H2,24,27,30). The molecule has 1 aromatic heterocycles. The van der Waals surface area contributed by atoms with Crippen LogP contribution in [0.2, 0.25) is 0 Å². The molecule has 0 radical (unpaired) electrons. The lowest BCUT2D eigenvalue weighted by atomic mass is 9.83. The number of thiazole rings is 1. The fourth-order valence-electron chi connectivity index (χ4n) is 3.61. The number of morpholine rings is 1. The predicted molar refractivity (Wildman–Crippen MR) is 127 cm³/mol. The summed E-state index contributed by atoms with van der Waals surface area (Å²) < 4.78 is 5.33. The van der Waals surface area contributed by atoms with Gasteiger partial charge in [-0.2, -0.15) is 0 Å². The molecular formula is C23H33N5O3S. The van der Waals surface area contributed by atoms with Crippen LogP contribution < -0.4 is 21.1 Å². The van der Waals surface area contributed by atoms with Gasteiger partial charge in [0, 0.05) is 25.0 Å². The molecule has 1 saturated heterocycles. The van der Waals surface area contributed by atoms with Gasteiger partial charge in [0.25, 0.3) is 5.91 Å². The molecule has 0 bridgehead atoms. The van der Waals surface area contributed by atoms with Crippen LogP contribution in [0.25, 0.3) is 0 Å². The first-order valence-electron chi connectivity index (χ1n) is 10.9. The van der Waals surface area contributed by atoms with Crippen LogP contribution in [0.5, 0.6) is 0 Å². The third-order valence-electron chi connectivity index (χ3n) is 5.52. The average molecular weight is 460 g/mol. The zero-order valence-electron chi connectivity index (χ0n) is 19.5. The van der Waals surface area contributed by atoms with Gasteiger partial charge in [0.05, 0.1) is 13.2 Å². The van der Waals surface area contributed by atoms with Crippen LogP contribution in [0.1, 0.15) is 53.5 Å². The highest BCUT2D eigenvalue weighted by molar-refractivity contribution is 7.13. The SMILES string of the molecule is Cc1cc(C(C)(C)C)cc(C)c1CCNC(=O)NNC(=O)c1csc(N2CCOCC2)n1. The maximum absolute atomic E-state index is 12.3. The van der Waals surface area contributed by atoms with E-state index in [1.54, 1.807) is 5.38 Å². The Morgan fingerprint density at radius 2 is 1.78 bits per heavy atom. The van der Waals surface area contributed by atoms with Crippen molar-refractivity contribution < 1.29 is 14.3 Å². The first-order valence-corrected chi connectivity index (χ1v) is 11.8. The molecular weight excluding hydrogens is 426 g/mol. The number of hydrogen-bond acceptors (Lipinski definition) is 6. The summed E-state index contributed by atoms with van der Waals surface area (Å²) in [7, 11) is 0. The van der Waals surface area contributed by atoms with Crippen molar-refractivity contribution in [3.8, 4) is 0 Å². The minimum absolute atomic E-state index is 0.102. The summed E-state index contributed by atoms with van der Waals surface area (Å²) >= 11 is 1.41. The number of hydrogen-bond donors (Lipinski definition) is 3. The van der Waals surface area contributed by atoms with E-state index in [2.05, 4.69) is 72.8 Å². The average Bonchev–Trinajstić information content (AvgIpc) is 3.24. The van der Waals surface area contributed by atoms with Crippen LogP contribution in [0, 0.1) is 13.8 Å². The van der Waals surface area contributed by atoms with E-state index in [1.165, 1.54) is 33.6 Å². The smallest absolute Gasteiger partial charge is 0.333 e. The van der Waals surface area contributed by atoms with Gasteiger partial charge in [-0.15, -0.1) is 11.3 Å². The van der Waals surface area contributed by atoms with E-state index < -0.39 is 11.9 Å². The molecule has 174 valence electrons. The number of urea groups is 1. The molecule has 3 N–H and O–H groups in total. The van der Waals surface area contributed by atoms with E-state index in [9.17, 15) is 9.59 Å². The molecule has 0 atom stereocenters. The van der Waals surface area contributed by atoms with Crippen molar-refractivity contribution in [2.24, 2.45) is 0 Å². The fourth-order valence-corrected chi connectivity index (χ4v) is 4.47. The normalized spacial score (nSPS) is 14.2. The quantitative estimate of drug-likeness (QED) is 0.597. The Morgan fingerprint density at radius 1 is 1.12 bits per heavy atom. The maximum atomic E-state index is 12.3. The van der Waals surface area contributed by atoms with Gasteiger partial charge in [-0.05, 0) is 47.9 Å². The fraction of sp³-hybridized carbons (Fsp3) is 0.522. The first kappa shape index (κ1) is 24.0. The molecule has 3 rings (SSSR count). The number of anilines is 1. The van der Waals surface area contributed by atoms with Crippen molar-refractivity contribution in [3.63, 3.8) is 0 Å². The number of nitrogens with one attached hydrogen (secondary N) is 3. The second kappa shape index (κ2) is 10.3. The van der Waals surface area contributed by atoms with Crippen LogP contribution in [-0.4, -0.2) is 49.8 Å². The van der Waals surface area contributed by atoms with Crippen molar-refractivity contribution in [2.75, 3.05) is 37.7 Å². The van der Waals surface area contributed by atoms with E-state index in [0.29, 0.717) is 19.8 Å². The van der Waals surface area contributed by atoms with Gasteiger partial charge in [-0.3, -0.25) is 10.2 Å². The first-order chi connectivity index (χ1) is 15.1. The van der Waals surface area contributed by atoms with E-state index in [4.69, 9.17) is 4.74 Å². The summed E-state index contributed by atoms with van der Waals surface area (Å²) in [5, 5.41) is 5.26. The number of ether oxygens (including phenoxy) is 1. The largest absolute Gasteiger partial charge is 0.378 e. The van der Waals surface area contributed by atoms with Gasteiger partial charge >= 0.3 is 6.03 Å². The monoisotopic (exact) mass is 459 g/mol.